The van der Waals surface area contributed by atoms with E-state index in [0.29, 0.717) is 17.3 Å². The summed E-state index contributed by atoms with van der Waals surface area (Å²) in [6, 6.07) is 6.74. The van der Waals surface area contributed by atoms with E-state index in [9.17, 15) is 4.79 Å². The molecule has 1 aromatic rings. The molecular weight excluding hydrogens is 256 g/mol. The summed E-state index contributed by atoms with van der Waals surface area (Å²) in [5, 5.41) is 15.1. The molecule has 1 atom stereocenters. The van der Waals surface area contributed by atoms with Crippen LogP contribution in [0.25, 0.3) is 0 Å². The van der Waals surface area contributed by atoms with Gasteiger partial charge in [-0.3, -0.25) is 4.79 Å². The number of benzene rings is 1. The predicted molar refractivity (Wildman–Crippen MR) is 70.8 cm³/mol. The molecule has 0 bridgehead atoms. The Balaban J connectivity index is 2.40. The van der Waals surface area contributed by atoms with Gasteiger partial charge < -0.3 is 20.5 Å². The molecule has 0 saturated heterocycles. The van der Waals surface area contributed by atoms with Crippen LogP contribution in [0.4, 0.5) is 5.69 Å². The minimum atomic E-state index is -0.257. The zero-order valence-corrected chi connectivity index (χ0v) is 10.9. The number of aliphatic hydroxyl groups excluding tert-OH is 1. The molecule has 5 nitrogen and oxygen atoms in total. The van der Waals surface area contributed by atoms with Gasteiger partial charge in [-0.25, -0.2) is 0 Å². The smallest absolute Gasteiger partial charge is 0.238 e. The van der Waals surface area contributed by atoms with Crippen molar-refractivity contribution in [1.82, 2.24) is 5.32 Å². The number of hydrogen-bond donors (Lipinski definition) is 3. The highest BCUT2D eigenvalue weighted by Crippen LogP contribution is 2.19. The quantitative estimate of drug-likeness (QED) is 0.689. The van der Waals surface area contributed by atoms with Gasteiger partial charge in [0, 0.05) is 7.11 Å². The van der Waals surface area contributed by atoms with Crippen molar-refractivity contribution in [2.45, 2.75) is 6.04 Å². The molecule has 6 heteroatoms. The van der Waals surface area contributed by atoms with Crippen molar-refractivity contribution in [3.05, 3.63) is 29.3 Å². The van der Waals surface area contributed by atoms with Crippen molar-refractivity contribution in [3.8, 4) is 0 Å². The normalized spacial score (nSPS) is 12.2. The third-order valence-electron chi connectivity index (χ3n) is 2.29. The Kier molecular flexibility index (Phi) is 6.67. The Hall–Kier alpha value is -1.14. The van der Waals surface area contributed by atoms with E-state index in [-0.39, 0.29) is 25.1 Å². The summed E-state index contributed by atoms with van der Waals surface area (Å²) in [5.74, 6) is -0.224. The Morgan fingerprint density at radius 3 is 2.83 bits per heavy atom. The Labute approximate surface area is 111 Å². The number of halogens is 1. The third-order valence-corrected chi connectivity index (χ3v) is 2.62. The lowest BCUT2D eigenvalue weighted by atomic mass is 10.3. The van der Waals surface area contributed by atoms with E-state index in [1.54, 1.807) is 24.3 Å². The molecule has 0 aliphatic carbocycles. The van der Waals surface area contributed by atoms with Gasteiger partial charge in [-0.15, -0.1) is 0 Å². The number of nitrogens with one attached hydrogen (secondary N) is 2. The van der Waals surface area contributed by atoms with Gasteiger partial charge in [0.25, 0.3) is 0 Å². The summed E-state index contributed by atoms with van der Waals surface area (Å²) in [5.41, 5.74) is 0.568. The third kappa shape index (κ3) is 5.01. The van der Waals surface area contributed by atoms with Crippen LogP contribution in [0, 0.1) is 0 Å². The number of aliphatic hydroxyl groups is 1. The van der Waals surface area contributed by atoms with Crippen molar-refractivity contribution >= 4 is 23.2 Å². The number of hydrogen-bond acceptors (Lipinski definition) is 4. The van der Waals surface area contributed by atoms with Crippen LogP contribution < -0.4 is 10.6 Å². The van der Waals surface area contributed by atoms with Crippen molar-refractivity contribution in [2.75, 3.05) is 32.2 Å². The average Bonchev–Trinajstić information content (AvgIpc) is 2.37. The lowest BCUT2D eigenvalue weighted by molar-refractivity contribution is -0.115. The van der Waals surface area contributed by atoms with Gasteiger partial charge >= 0.3 is 0 Å². The highest BCUT2D eigenvalue weighted by molar-refractivity contribution is 6.33. The maximum atomic E-state index is 11.6. The summed E-state index contributed by atoms with van der Waals surface area (Å²) in [4.78, 5) is 11.6. The van der Waals surface area contributed by atoms with E-state index in [2.05, 4.69) is 10.6 Å². The first kappa shape index (κ1) is 14.9. The Morgan fingerprint density at radius 2 is 2.22 bits per heavy atom. The highest BCUT2D eigenvalue weighted by Gasteiger charge is 2.09. The first-order chi connectivity index (χ1) is 8.67. The van der Waals surface area contributed by atoms with Crippen LogP contribution >= 0.6 is 11.6 Å². The number of para-hydroxylation sites is 1. The lowest BCUT2D eigenvalue weighted by Gasteiger charge is -2.15. The second kappa shape index (κ2) is 8.05. The number of rotatable bonds is 7. The van der Waals surface area contributed by atoms with Gasteiger partial charge in [0.15, 0.2) is 0 Å². The van der Waals surface area contributed by atoms with Gasteiger partial charge in [-0.2, -0.15) is 0 Å². The highest BCUT2D eigenvalue weighted by atomic mass is 35.5. The fourth-order valence-corrected chi connectivity index (χ4v) is 1.55. The van der Waals surface area contributed by atoms with Crippen LogP contribution in [0.1, 0.15) is 0 Å². The fourth-order valence-electron chi connectivity index (χ4n) is 1.37. The van der Waals surface area contributed by atoms with Gasteiger partial charge in [0.2, 0.25) is 5.91 Å². The standard InChI is InChI=1S/C12H17ClN2O3/c1-18-8-9(7-16)14-6-12(17)15-11-5-3-2-4-10(11)13/h2-5,9,14,16H,6-8H2,1H3,(H,15,17). The van der Waals surface area contributed by atoms with Gasteiger partial charge in [-0.05, 0) is 12.1 Å². The van der Waals surface area contributed by atoms with Crippen molar-refractivity contribution < 1.29 is 14.6 Å². The lowest BCUT2D eigenvalue weighted by Crippen LogP contribution is -2.41. The maximum absolute atomic E-state index is 11.6. The molecule has 0 spiro atoms. The molecule has 18 heavy (non-hydrogen) atoms. The molecular formula is C12H17ClN2O3. The predicted octanol–water partition coefficient (Wildman–Crippen LogP) is 0.875. The molecule has 1 amide bonds. The van der Waals surface area contributed by atoms with Crippen molar-refractivity contribution in [3.63, 3.8) is 0 Å². The van der Waals surface area contributed by atoms with Gasteiger partial charge in [-0.1, -0.05) is 23.7 Å². The van der Waals surface area contributed by atoms with Crippen LogP contribution in [0.15, 0.2) is 24.3 Å². The van der Waals surface area contributed by atoms with E-state index in [0.717, 1.165) is 0 Å². The van der Waals surface area contributed by atoms with Crippen LogP contribution in [0.2, 0.25) is 5.02 Å². The molecule has 0 aromatic heterocycles. The van der Waals surface area contributed by atoms with E-state index in [4.69, 9.17) is 21.4 Å². The van der Waals surface area contributed by atoms with Gasteiger partial charge in [0.1, 0.15) is 0 Å². The van der Waals surface area contributed by atoms with Crippen LogP contribution in [0.5, 0.6) is 0 Å². The summed E-state index contributed by atoms with van der Waals surface area (Å²) in [6.07, 6.45) is 0. The number of carbonyl (C=O) groups excluding carboxylic acids is 1. The number of methoxy groups -OCH3 is 1. The van der Waals surface area contributed by atoms with E-state index in [1.165, 1.54) is 7.11 Å². The first-order valence-corrected chi connectivity index (χ1v) is 5.92. The van der Waals surface area contributed by atoms with Gasteiger partial charge in [0.05, 0.1) is 36.5 Å². The number of ether oxygens (including phenoxy) is 1. The van der Waals surface area contributed by atoms with Crippen molar-refractivity contribution in [1.29, 1.82) is 0 Å². The molecule has 1 aromatic carbocycles. The molecule has 1 unspecified atom stereocenters. The zero-order chi connectivity index (χ0) is 13.4. The fraction of sp³-hybridized carbons (Fsp3) is 0.417. The molecule has 1 rings (SSSR count). The average molecular weight is 273 g/mol. The largest absolute Gasteiger partial charge is 0.395 e. The minimum Gasteiger partial charge on any atom is -0.395 e. The molecule has 0 fully saturated rings. The topological polar surface area (TPSA) is 70.6 Å². The maximum Gasteiger partial charge on any atom is 0.238 e. The molecule has 0 aliphatic rings. The second-order valence-electron chi connectivity index (χ2n) is 3.74. The Bertz CT molecular complexity index is 387. The molecule has 0 aliphatic heterocycles. The monoisotopic (exact) mass is 272 g/mol. The molecule has 0 radical (unpaired) electrons. The number of anilines is 1. The number of carbonyl (C=O) groups is 1. The van der Waals surface area contributed by atoms with E-state index in [1.807, 2.05) is 0 Å². The summed E-state index contributed by atoms with van der Waals surface area (Å²) in [6.45, 7) is 0.336. The molecule has 3 N–H and O–H groups in total. The molecule has 0 saturated carbocycles. The van der Waals surface area contributed by atoms with Crippen LogP contribution in [-0.4, -0.2) is 43.9 Å². The van der Waals surface area contributed by atoms with E-state index < -0.39 is 0 Å². The second-order valence-corrected chi connectivity index (χ2v) is 4.15. The van der Waals surface area contributed by atoms with Crippen molar-refractivity contribution in [2.24, 2.45) is 0 Å². The molecule has 100 valence electrons. The summed E-state index contributed by atoms with van der Waals surface area (Å²) < 4.78 is 4.89. The van der Waals surface area contributed by atoms with Crippen LogP contribution in [0.3, 0.4) is 0 Å². The zero-order valence-electron chi connectivity index (χ0n) is 10.1. The SMILES string of the molecule is COCC(CO)NCC(=O)Nc1ccccc1Cl. The minimum absolute atomic E-state index is 0.0831. The first-order valence-electron chi connectivity index (χ1n) is 5.55. The van der Waals surface area contributed by atoms with E-state index >= 15 is 0 Å². The van der Waals surface area contributed by atoms with Crippen LogP contribution in [-0.2, 0) is 9.53 Å². The molecule has 0 heterocycles. The summed E-state index contributed by atoms with van der Waals surface area (Å²) >= 11 is 5.91. The summed E-state index contributed by atoms with van der Waals surface area (Å²) in [7, 11) is 1.54. The Morgan fingerprint density at radius 1 is 1.50 bits per heavy atom. The number of amides is 1.